The highest BCUT2D eigenvalue weighted by molar-refractivity contribution is 5.98. The predicted octanol–water partition coefficient (Wildman–Crippen LogP) is 2.12. The zero-order valence-electron chi connectivity index (χ0n) is 13.5. The number of nitrogens with zero attached hydrogens (tertiary/aromatic N) is 2. The van der Waals surface area contributed by atoms with Crippen LogP contribution < -0.4 is 10.1 Å². The highest BCUT2D eigenvalue weighted by Gasteiger charge is 2.33. The Morgan fingerprint density at radius 2 is 2.30 bits per heavy atom. The maximum Gasteiger partial charge on any atom is 0.255 e. The lowest BCUT2D eigenvalue weighted by atomic mass is 10.00. The highest BCUT2D eigenvalue weighted by Crippen LogP contribution is 2.43. The van der Waals surface area contributed by atoms with Crippen LogP contribution in [0.5, 0.6) is 11.5 Å². The number of aromatic hydroxyl groups is 1. The molecule has 0 aliphatic carbocycles. The Labute approximate surface area is 135 Å². The van der Waals surface area contributed by atoms with Crippen LogP contribution in [0.15, 0.2) is 30.9 Å². The van der Waals surface area contributed by atoms with Gasteiger partial charge in [0, 0.05) is 37.0 Å². The Kier molecular flexibility index (Phi) is 3.75. The first-order chi connectivity index (χ1) is 10.9. The van der Waals surface area contributed by atoms with Gasteiger partial charge in [0.25, 0.3) is 5.91 Å². The fraction of sp³-hybridized carbons (Fsp3) is 0.412. The third kappa shape index (κ3) is 3.16. The number of carbonyl (C=O) groups is 1. The minimum absolute atomic E-state index is 0.0830. The first-order valence-electron chi connectivity index (χ1n) is 7.66. The van der Waals surface area contributed by atoms with Crippen molar-refractivity contribution in [3.8, 4) is 11.5 Å². The molecule has 0 saturated carbocycles. The quantitative estimate of drug-likeness (QED) is 0.906. The lowest BCUT2D eigenvalue weighted by molar-refractivity contribution is 0.0930. The maximum absolute atomic E-state index is 12.4. The largest absolute Gasteiger partial charge is 0.504 e. The van der Waals surface area contributed by atoms with Crippen LogP contribution in [0, 0.1) is 0 Å². The summed E-state index contributed by atoms with van der Waals surface area (Å²) in [7, 11) is 0. The van der Waals surface area contributed by atoms with E-state index in [4.69, 9.17) is 4.74 Å². The molecule has 1 aliphatic heterocycles. The molecule has 23 heavy (non-hydrogen) atoms. The molecule has 0 radical (unpaired) electrons. The van der Waals surface area contributed by atoms with Gasteiger partial charge in [-0.2, -0.15) is 0 Å². The number of aromatic nitrogens is 2. The molecular formula is C17H21N3O3. The number of fused-ring (bicyclic) bond motifs is 1. The van der Waals surface area contributed by atoms with Crippen molar-refractivity contribution in [2.45, 2.75) is 45.4 Å². The van der Waals surface area contributed by atoms with E-state index in [-0.39, 0.29) is 28.9 Å². The Bertz CT molecular complexity index is 723. The molecule has 6 heteroatoms. The number of phenolic OH excluding ortho intramolecular Hbond substituents is 1. The summed E-state index contributed by atoms with van der Waals surface area (Å²) in [5, 5.41) is 13.3. The number of hydrogen-bond acceptors (Lipinski definition) is 4. The van der Waals surface area contributed by atoms with Gasteiger partial charge in [-0.25, -0.2) is 4.98 Å². The number of phenols is 1. The monoisotopic (exact) mass is 315 g/mol. The van der Waals surface area contributed by atoms with E-state index in [1.54, 1.807) is 18.6 Å². The predicted molar refractivity (Wildman–Crippen MR) is 85.7 cm³/mol. The van der Waals surface area contributed by atoms with Gasteiger partial charge in [0.1, 0.15) is 5.60 Å². The number of rotatable bonds is 4. The molecular weight excluding hydrogens is 294 g/mol. The molecule has 2 heterocycles. The van der Waals surface area contributed by atoms with Gasteiger partial charge in [0.05, 0.1) is 11.9 Å². The summed E-state index contributed by atoms with van der Waals surface area (Å²) in [6, 6.07) is 3.40. The number of imidazole rings is 1. The summed E-state index contributed by atoms with van der Waals surface area (Å²) >= 11 is 0. The van der Waals surface area contributed by atoms with Crippen LogP contribution in [0.25, 0.3) is 0 Å². The average Bonchev–Trinajstić information content (AvgIpc) is 3.05. The number of hydrogen-bond donors (Lipinski definition) is 2. The van der Waals surface area contributed by atoms with E-state index in [9.17, 15) is 9.90 Å². The van der Waals surface area contributed by atoms with Crippen molar-refractivity contribution in [3.63, 3.8) is 0 Å². The maximum atomic E-state index is 12.4. The van der Waals surface area contributed by atoms with E-state index in [0.29, 0.717) is 12.3 Å². The third-order valence-electron chi connectivity index (χ3n) is 3.87. The summed E-state index contributed by atoms with van der Waals surface area (Å²) in [4.78, 5) is 16.4. The van der Waals surface area contributed by atoms with Crippen LogP contribution in [-0.2, 0) is 13.0 Å². The molecule has 6 nitrogen and oxygen atoms in total. The van der Waals surface area contributed by atoms with Gasteiger partial charge in [0.2, 0.25) is 0 Å². The van der Waals surface area contributed by atoms with Crippen LogP contribution >= 0.6 is 0 Å². The van der Waals surface area contributed by atoms with Crippen molar-refractivity contribution in [1.29, 1.82) is 0 Å². The van der Waals surface area contributed by atoms with Gasteiger partial charge in [-0.05, 0) is 26.8 Å². The topological polar surface area (TPSA) is 76.4 Å². The molecule has 3 rings (SSSR count). The van der Waals surface area contributed by atoms with Gasteiger partial charge >= 0.3 is 0 Å². The summed E-state index contributed by atoms with van der Waals surface area (Å²) < 4.78 is 7.65. The van der Waals surface area contributed by atoms with Crippen molar-refractivity contribution in [2.75, 3.05) is 0 Å². The zero-order valence-corrected chi connectivity index (χ0v) is 13.5. The molecule has 122 valence electrons. The van der Waals surface area contributed by atoms with Gasteiger partial charge < -0.3 is 19.7 Å². The summed E-state index contributed by atoms with van der Waals surface area (Å²) in [6.07, 6.45) is 5.95. The Balaban J connectivity index is 1.73. The number of benzene rings is 1. The number of amides is 1. The molecule has 0 saturated heterocycles. The minimum Gasteiger partial charge on any atom is -0.504 e. The van der Waals surface area contributed by atoms with E-state index in [1.165, 1.54) is 0 Å². The molecule has 1 atom stereocenters. The second-order valence-corrected chi connectivity index (χ2v) is 6.62. The summed E-state index contributed by atoms with van der Waals surface area (Å²) in [6.45, 7) is 6.43. The first-order valence-corrected chi connectivity index (χ1v) is 7.66. The van der Waals surface area contributed by atoms with E-state index < -0.39 is 0 Å². The molecule has 0 fully saturated rings. The smallest absolute Gasteiger partial charge is 0.255 e. The highest BCUT2D eigenvalue weighted by atomic mass is 16.5. The van der Waals surface area contributed by atoms with Crippen LogP contribution in [0.1, 0.15) is 36.7 Å². The normalized spacial score (nSPS) is 16.5. The van der Waals surface area contributed by atoms with Crippen molar-refractivity contribution in [3.05, 3.63) is 42.0 Å². The van der Waals surface area contributed by atoms with Crippen molar-refractivity contribution in [2.24, 2.45) is 0 Å². The molecule has 1 amide bonds. The standard InChI is InChI=1S/C17H21N3O3/c1-11(9-20-7-6-18-10-20)19-16(22)13-5-4-12-8-17(2,3)23-15(12)14(13)21/h4-7,10-11,21H,8-9H2,1-3H3,(H,19,22)/t11-/m0/s1. The molecule has 1 aromatic carbocycles. The van der Waals surface area contributed by atoms with Gasteiger partial charge in [0.15, 0.2) is 11.5 Å². The van der Waals surface area contributed by atoms with E-state index in [2.05, 4.69) is 10.3 Å². The summed E-state index contributed by atoms with van der Waals surface area (Å²) in [5.41, 5.74) is 0.804. The van der Waals surface area contributed by atoms with Gasteiger partial charge in [-0.3, -0.25) is 4.79 Å². The van der Waals surface area contributed by atoms with Crippen LogP contribution in [0.4, 0.5) is 0 Å². The lowest BCUT2D eigenvalue weighted by Crippen LogP contribution is -2.35. The lowest BCUT2D eigenvalue weighted by Gasteiger charge is -2.18. The molecule has 1 aromatic heterocycles. The second-order valence-electron chi connectivity index (χ2n) is 6.62. The van der Waals surface area contributed by atoms with E-state index in [1.807, 2.05) is 37.6 Å². The molecule has 0 spiro atoms. The molecule has 0 bridgehead atoms. The van der Waals surface area contributed by atoms with Crippen LogP contribution in [-0.4, -0.2) is 32.2 Å². The van der Waals surface area contributed by atoms with E-state index in [0.717, 1.165) is 12.0 Å². The Morgan fingerprint density at radius 1 is 1.52 bits per heavy atom. The fourth-order valence-corrected chi connectivity index (χ4v) is 2.88. The number of nitrogens with one attached hydrogen (secondary N) is 1. The van der Waals surface area contributed by atoms with Gasteiger partial charge in [-0.15, -0.1) is 0 Å². The Hall–Kier alpha value is -2.50. The van der Waals surface area contributed by atoms with Crippen LogP contribution in [0.3, 0.4) is 0 Å². The molecule has 1 aliphatic rings. The SMILES string of the molecule is C[C@@H](Cn1ccnc1)NC(=O)c1ccc2c(c1O)OC(C)(C)C2. The van der Waals surface area contributed by atoms with Crippen molar-refractivity contribution < 1.29 is 14.6 Å². The Morgan fingerprint density at radius 3 is 3.00 bits per heavy atom. The third-order valence-corrected chi connectivity index (χ3v) is 3.87. The number of carbonyl (C=O) groups excluding carboxylic acids is 1. The van der Waals surface area contributed by atoms with Gasteiger partial charge in [-0.1, -0.05) is 6.07 Å². The van der Waals surface area contributed by atoms with Crippen LogP contribution in [0.2, 0.25) is 0 Å². The molecule has 0 unspecified atom stereocenters. The van der Waals surface area contributed by atoms with Crippen molar-refractivity contribution >= 4 is 5.91 Å². The molecule has 2 aromatic rings. The van der Waals surface area contributed by atoms with Crippen molar-refractivity contribution in [1.82, 2.24) is 14.9 Å². The van der Waals surface area contributed by atoms with E-state index >= 15 is 0 Å². The first kappa shape index (κ1) is 15.4. The fourth-order valence-electron chi connectivity index (χ4n) is 2.88. The number of ether oxygens (including phenoxy) is 1. The second kappa shape index (κ2) is 5.61. The summed E-state index contributed by atoms with van der Waals surface area (Å²) in [5.74, 6) is 0.0246. The average molecular weight is 315 g/mol. The minimum atomic E-state index is -0.358. The zero-order chi connectivity index (χ0) is 16.6. The molecule has 2 N–H and O–H groups in total.